The Morgan fingerprint density at radius 2 is 2.20 bits per heavy atom. The molecule has 0 amide bonds. The van der Waals surface area contributed by atoms with E-state index in [1.54, 1.807) is 0 Å². The first-order chi connectivity index (χ1) is 9.50. The second kappa shape index (κ2) is 6.74. The molecule has 4 nitrogen and oxygen atoms in total. The van der Waals surface area contributed by atoms with E-state index in [0.717, 1.165) is 57.3 Å². The maximum Gasteiger partial charge on any atom is 0.118 e. The van der Waals surface area contributed by atoms with Gasteiger partial charge in [0, 0.05) is 25.2 Å². The van der Waals surface area contributed by atoms with Crippen molar-refractivity contribution in [1.29, 1.82) is 0 Å². The summed E-state index contributed by atoms with van der Waals surface area (Å²) >= 11 is 0. The molecule has 1 N–H and O–H groups in total. The Morgan fingerprint density at radius 1 is 1.40 bits per heavy atom. The Kier molecular flexibility index (Phi) is 5.24. The molecule has 20 heavy (non-hydrogen) atoms. The molecule has 0 aromatic carbocycles. The minimum atomic E-state index is -0.0403. The van der Waals surface area contributed by atoms with Crippen molar-refractivity contribution in [2.75, 3.05) is 26.2 Å². The molecule has 1 aliphatic rings. The second-order valence-corrected chi connectivity index (χ2v) is 6.29. The van der Waals surface area contributed by atoms with E-state index in [1.165, 1.54) is 5.56 Å². The normalized spacial score (nSPS) is 19.4. The molecule has 2 heterocycles. The topological polar surface area (TPSA) is 37.6 Å². The highest BCUT2D eigenvalue weighted by atomic mass is 16.5. The van der Waals surface area contributed by atoms with Crippen LogP contribution in [0.3, 0.4) is 0 Å². The van der Waals surface area contributed by atoms with Crippen molar-refractivity contribution in [3.8, 4) is 0 Å². The molecular formula is C16H28N2O2. The van der Waals surface area contributed by atoms with Gasteiger partial charge in [-0.25, -0.2) is 0 Å². The predicted octanol–water partition coefficient (Wildman–Crippen LogP) is 2.70. The molecule has 1 aliphatic heterocycles. The summed E-state index contributed by atoms with van der Waals surface area (Å²) in [5, 5.41) is 3.38. The van der Waals surface area contributed by atoms with E-state index in [0.29, 0.717) is 0 Å². The molecule has 1 saturated heterocycles. The highest BCUT2D eigenvalue weighted by Gasteiger charge is 2.27. The average molecular weight is 280 g/mol. The second-order valence-electron chi connectivity index (χ2n) is 6.29. The van der Waals surface area contributed by atoms with Gasteiger partial charge in [0.05, 0.1) is 18.8 Å². The smallest absolute Gasteiger partial charge is 0.118 e. The van der Waals surface area contributed by atoms with Crippen molar-refractivity contribution in [2.24, 2.45) is 0 Å². The van der Waals surface area contributed by atoms with Gasteiger partial charge in [0.2, 0.25) is 0 Å². The lowest BCUT2D eigenvalue weighted by Gasteiger charge is -2.38. The van der Waals surface area contributed by atoms with Crippen molar-refractivity contribution in [1.82, 2.24) is 10.2 Å². The SMILES string of the molecule is CCCNCc1cc(CN2CCOC(C)(C)C2)c(C)o1. The number of nitrogens with zero attached hydrogens (tertiary/aromatic N) is 1. The van der Waals surface area contributed by atoms with E-state index in [2.05, 4.69) is 44.0 Å². The highest BCUT2D eigenvalue weighted by Crippen LogP contribution is 2.21. The van der Waals surface area contributed by atoms with Crippen LogP contribution in [0.4, 0.5) is 0 Å². The Bertz CT molecular complexity index is 426. The molecule has 114 valence electrons. The van der Waals surface area contributed by atoms with Gasteiger partial charge in [-0.15, -0.1) is 0 Å². The van der Waals surface area contributed by atoms with E-state index in [4.69, 9.17) is 9.15 Å². The zero-order chi connectivity index (χ0) is 14.6. The maximum atomic E-state index is 5.83. The van der Waals surface area contributed by atoms with Crippen LogP contribution in [-0.4, -0.2) is 36.7 Å². The van der Waals surface area contributed by atoms with Gasteiger partial charge in [0.15, 0.2) is 0 Å². The Hall–Kier alpha value is -0.840. The molecule has 0 spiro atoms. The summed E-state index contributed by atoms with van der Waals surface area (Å²) in [6, 6.07) is 2.19. The van der Waals surface area contributed by atoms with Crippen LogP contribution in [0.15, 0.2) is 10.5 Å². The summed E-state index contributed by atoms with van der Waals surface area (Å²) in [5.41, 5.74) is 1.26. The van der Waals surface area contributed by atoms with Crippen molar-refractivity contribution >= 4 is 0 Å². The first-order valence-corrected chi connectivity index (χ1v) is 7.65. The molecular weight excluding hydrogens is 252 g/mol. The number of ether oxygens (including phenoxy) is 1. The fourth-order valence-electron chi connectivity index (χ4n) is 2.71. The number of hydrogen-bond donors (Lipinski definition) is 1. The summed E-state index contributed by atoms with van der Waals surface area (Å²) in [4.78, 5) is 2.45. The van der Waals surface area contributed by atoms with Gasteiger partial charge >= 0.3 is 0 Å². The molecule has 1 aromatic rings. The van der Waals surface area contributed by atoms with Crippen molar-refractivity contribution in [3.05, 3.63) is 23.2 Å². The van der Waals surface area contributed by atoms with E-state index in [-0.39, 0.29) is 5.60 Å². The van der Waals surface area contributed by atoms with Gasteiger partial charge in [0.25, 0.3) is 0 Å². The Labute approximate surface area is 122 Å². The summed E-state index contributed by atoms with van der Waals surface area (Å²) < 4.78 is 11.6. The zero-order valence-corrected chi connectivity index (χ0v) is 13.3. The van der Waals surface area contributed by atoms with E-state index in [9.17, 15) is 0 Å². The molecule has 0 aliphatic carbocycles. The lowest BCUT2D eigenvalue weighted by molar-refractivity contribution is -0.0883. The first kappa shape index (κ1) is 15.5. The summed E-state index contributed by atoms with van der Waals surface area (Å²) in [5.74, 6) is 2.08. The fraction of sp³-hybridized carbons (Fsp3) is 0.750. The number of hydrogen-bond acceptors (Lipinski definition) is 4. The van der Waals surface area contributed by atoms with E-state index in [1.807, 2.05) is 0 Å². The van der Waals surface area contributed by atoms with Gasteiger partial charge in [-0.3, -0.25) is 4.90 Å². The molecule has 0 bridgehead atoms. The predicted molar refractivity (Wildman–Crippen MR) is 80.8 cm³/mol. The molecule has 1 fully saturated rings. The molecule has 0 unspecified atom stereocenters. The summed E-state index contributed by atoms with van der Waals surface area (Å²) in [6.07, 6.45) is 1.15. The third-order valence-electron chi connectivity index (χ3n) is 3.70. The Morgan fingerprint density at radius 3 is 2.90 bits per heavy atom. The van der Waals surface area contributed by atoms with E-state index < -0.39 is 0 Å². The van der Waals surface area contributed by atoms with Gasteiger partial charge in [-0.2, -0.15) is 0 Å². The first-order valence-electron chi connectivity index (χ1n) is 7.65. The minimum absolute atomic E-state index is 0.0403. The van der Waals surface area contributed by atoms with Crippen LogP contribution >= 0.6 is 0 Å². The number of nitrogens with one attached hydrogen (secondary N) is 1. The summed E-state index contributed by atoms with van der Waals surface area (Å²) in [7, 11) is 0. The molecule has 0 atom stereocenters. The van der Waals surface area contributed by atoms with Gasteiger partial charge in [0.1, 0.15) is 11.5 Å². The summed E-state index contributed by atoms with van der Waals surface area (Å²) in [6.45, 7) is 14.1. The van der Waals surface area contributed by atoms with Crippen LogP contribution < -0.4 is 5.32 Å². The number of aryl methyl sites for hydroxylation is 1. The average Bonchev–Trinajstić information content (AvgIpc) is 2.69. The van der Waals surface area contributed by atoms with Crippen molar-refractivity contribution < 1.29 is 9.15 Å². The standard InChI is InChI=1S/C16H28N2O2/c1-5-6-17-10-15-9-14(13(2)20-15)11-18-7-8-19-16(3,4)12-18/h9,17H,5-8,10-12H2,1-4H3. The maximum absolute atomic E-state index is 5.83. The van der Waals surface area contributed by atoms with Crippen LogP contribution in [0.5, 0.6) is 0 Å². The number of furan rings is 1. The quantitative estimate of drug-likeness (QED) is 0.813. The minimum Gasteiger partial charge on any atom is -0.465 e. The lowest BCUT2D eigenvalue weighted by Crippen LogP contribution is -2.47. The van der Waals surface area contributed by atoms with Crippen LogP contribution in [-0.2, 0) is 17.8 Å². The monoisotopic (exact) mass is 280 g/mol. The molecule has 0 saturated carbocycles. The number of rotatable bonds is 6. The van der Waals surface area contributed by atoms with Gasteiger partial charge in [-0.05, 0) is 39.8 Å². The van der Waals surface area contributed by atoms with Crippen molar-refractivity contribution in [3.63, 3.8) is 0 Å². The van der Waals surface area contributed by atoms with Gasteiger partial charge in [-0.1, -0.05) is 6.92 Å². The molecule has 0 radical (unpaired) electrons. The molecule has 2 rings (SSSR count). The molecule has 1 aromatic heterocycles. The third kappa shape index (κ3) is 4.33. The van der Waals surface area contributed by atoms with Crippen LogP contribution in [0, 0.1) is 6.92 Å². The third-order valence-corrected chi connectivity index (χ3v) is 3.70. The molecule has 4 heteroatoms. The zero-order valence-electron chi connectivity index (χ0n) is 13.3. The van der Waals surface area contributed by atoms with Crippen molar-refractivity contribution in [2.45, 2.75) is 52.8 Å². The van der Waals surface area contributed by atoms with Crippen LogP contribution in [0.2, 0.25) is 0 Å². The lowest BCUT2D eigenvalue weighted by atomic mass is 10.1. The van der Waals surface area contributed by atoms with Crippen LogP contribution in [0.25, 0.3) is 0 Å². The largest absolute Gasteiger partial charge is 0.465 e. The number of morpholine rings is 1. The van der Waals surface area contributed by atoms with Gasteiger partial charge < -0.3 is 14.5 Å². The fourth-order valence-corrected chi connectivity index (χ4v) is 2.71. The highest BCUT2D eigenvalue weighted by molar-refractivity contribution is 5.21. The van der Waals surface area contributed by atoms with E-state index >= 15 is 0 Å². The van der Waals surface area contributed by atoms with Crippen LogP contribution in [0.1, 0.15) is 44.3 Å². The Balaban J connectivity index is 1.92.